The molecule has 0 aliphatic carbocycles. The first-order valence-corrected chi connectivity index (χ1v) is 8.98. The molecule has 27 heavy (non-hydrogen) atoms. The molecule has 0 radical (unpaired) electrons. The second-order valence-corrected chi connectivity index (χ2v) is 6.79. The van der Waals surface area contributed by atoms with Crippen LogP contribution < -0.4 is 19.7 Å². The summed E-state index contributed by atoms with van der Waals surface area (Å²) >= 11 is 0. The molecule has 1 aliphatic heterocycles. The number of benzene rings is 2. The van der Waals surface area contributed by atoms with E-state index in [1.54, 1.807) is 30.2 Å². The summed E-state index contributed by atoms with van der Waals surface area (Å²) in [6.45, 7) is 4.27. The van der Waals surface area contributed by atoms with Crippen molar-refractivity contribution < 1.29 is 19.1 Å². The summed E-state index contributed by atoms with van der Waals surface area (Å²) in [5.74, 6) is 0.811. The number of nitrogens with zero attached hydrogens (tertiary/aromatic N) is 1. The standard InChI is InChI=1S/C21H24N2O4/c1-14(2)27-18-9-7-16(8-10-18)22-21(25)15-11-20(24)23(13-15)17-5-4-6-19(12-17)26-3/h4-10,12,14-15H,11,13H2,1-3H3,(H,22,25). The molecular weight excluding hydrogens is 344 g/mol. The van der Waals surface area contributed by atoms with Crippen LogP contribution in [0.5, 0.6) is 11.5 Å². The predicted octanol–water partition coefficient (Wildman–Crippen LogP) is 3.47. The number of amides is 2. The second kappa shape index (κ2) is 8.12. The maximum atomic E-state index is 12.6. The zero-order valence-corrected chi connectivity index (χ0v) is 15.8. The summed E-state index contributed by atoms with van der Waals surface area (Å²) in [6.07, 6.45) is 0.287. The zero-order chi connectivity index (χ0) is 19.4. The van der Waals surface area contributed by atoms with Gasteiger partial charge in [-0.25, -0.2) is 0 Å². The number of carbonyl (C=O) groups is 2. The van der Waals surface area contributed by atoms with Crippen LogP contribution in [0.1, 0.15) is 20.3 Å². The Kier molecular flexibility index (Phi) is 5.64. The first-order valence-electron chi connectivity index (χ1n) is 8.98. The number of hydrogen-bond acceptors (Lipinski definition) is 4. The van der Waals surface area contributed by atoms with E-state index in [9.17, 15) is 9.59 Å². The molecule has 1 fully saturated rings. The second-order valence-electron chi connectivity index (χ2n) is 6.79. The van der Waals surface area contributed by atoms with Crippen LogP contribution >= 0.6 is 0 Å². The van der Waals surface area contributed by atoms with Gasteiger partial charge in [0.1, 0.15) is 11.5 Å². The molecule has 1 N–H and O–H groups in total. The molecule has 6 heteroatoms. The Morgan fingerprint density at radius 2 is 1.89 bits per heavy atom. The largest absolute Gasteiger partial charge is 0.497 e. The number of hydrogen-bond donors (Lipinski definition) is 1. The molecule has 3 rings (SSSR count). The number of nitrogens with one attached hydrogen (secondary N) is 1. The summed E-state index contributed by atoms with van der Waals surface area (Å²) in [7, 11) is 1.58. The molecule has 0 aromatic heterocycles. The molecule has 1 unspecified atom stereocenters. The van der Waals surface area contributed by atoms with E-state index < -0.39 is 5.92 Å². The van der Waals surface area contributed by atoms with Crippen LogP contribution in [0.4, 0.5) is 11.4 Å². The van der Waals surface area contributed by atoms with Crippen LogP contribution in [0.25, 0.3) is 0 Å². The highest BCUT2D eigenvalue weighted by molar-refractivity contribution is 6.03. The van der Waals surface area contributed by atoms with E-state index >= 15 is 0 Å². The van der Waals surface area contributed by atoms with Crippen molar-refractivity contribution in [1.29, 1.82) is 0 Å². The van der Waals surface area contributed by atoms with Crippen LogP contribution in [0.15, 0.2) is 48.5 Å². The van der Waals surface area contributed by atoms with Gasteiger partial charge in [-0.2, -0.15) is 0 Å². The van der Waals surface area contributed by atoms with Gasteiger partial charge < -0.3 is 19.7 Å². The van der Waals surface area contributed by atoms with Gasteiger partial charge in [0.25, 0.3) is 0 Å². The van der Waals surface area contributed by atoms with Gasteiger partial charge >= 0.3 is 0 Å². The van der Waals surface area contributed by atoms with Gasteiger partial charge in [0.05, 0.1) is 19.1 Å². The molecule has 0 bridgehead atoms. The van der Waals surface area contributed by atoms with Crippen molar-refractivity contribution in [2.24, 2.45) is 5.92 Å². The summed E-state index contributed by atoms with van der Waals surface area (Å²) in [4.78, 5) is 26.6. The first kappa shape index (κ1) is 18.8. The van der Waals surface area contributed by atoms with Crippen molar-refractivity contribution >= 4 is 23.2 Å². The third-order valence-electron chi connectivity index (χ3n) is 4.35. The fourth-order valence-corrected chi connectivity index (χ4v) is 3.04. The third kappa shape index (κ3) is 4.58. The monoisotopic (exact) mass is 368 g/mol. The van der Waals surface area contributed by atoms with Crippen LogP contribution in [0.3, 0.4) is 0 Å². The van der Waals surface area contributed by atoms with E-state index in [1.165, 1.54) is 0 Å². The molecular formula is C21H24N2O4. The lowest BCUT2D eigenvalue weighted by Crippen LogP contribution is -2.28. The summed E-state index contributed by atoms with van der Waals surface area (Å²) in [6, 6.07) is 14.5. The van der Waals surface area contributed by atoms with Gasteiger partial charge in [0.2, 0.25) is 11.8 Å². The topological polar surface area (TPSA) is 67.9 Å². The number of anilines is 2. The SMILES string of the molecule is COc1cccc(N2CC(C(=O)Nc3ccc(OC(C)C)cc3)CC2=O)c1. The van der Waals surface area contributed by atoms with Crippen molar-refractivity contribution in [3.63, 3.8) is 0 Å². The van der Waals surface area contributed by atoms with Crippen molar-refractivity contribution in [1.82, 2.24) is 0 Å². The lowest BCUT2D eigenvalue weighted by atomic mass is 10.1. The van der Waals surface area contributed by atoms with Gasteiger partial charge in [-0.3, -0.25) is 9.59 Å². The van der Waals surface area contributed by atoms with Gasteiger partial charge in [0.15, 0.2) is 0 Å². The molecule has 6 nitrogen and oxygen atoms in total. The normalized spacial score (nSPS) is 16.5. The highest BCUT2D eigenvalue weighted by Gasteiger charge is 2.35. The predicted molar refractivity (Wildman–Crippen MR) is 104 cm³/mol. The minimum absolute atomic E-state index is 0.0657. The smallest absolute Gasteiger partial charge is 0.229 e. The summed E-state index contributed by atoms with van der Waals surface area (Å²) < 4.78 is 10.8. The van der Waals surface area contributed by atoms with Gasteiger partial charge in [-0.05, 0) is 50.2 Å². The molecule has 2 amide bonds. The molecule has 2 aromatic rings. The lowest BCUT2D eigenvalue weighted by Gasteiger charge is -2.17. The Morgan fingerprint density at radius 3 is 2.56 bits per heavy atom. The van der Waals surface area contributed by atoms with Gasteiger partial charge in [-0.15, -0.1) is 0 Å². The Labute approximate surface area is 159 Å². The molecule has 142 valence electrons. The molecule has 1 atom stereocenters. The minimum Gasteiger partial charge on any atom is -0.497 e. The van der Waals surface area contributed by atoms with Crippen molar-refractivity contribution in [2.75, 3.05) is 23.9 Å². The Balaban J connectivity index is 1.63. The van der Waals surface area contributed by atoms with E-state index in [0.29, 0.717) is 18.0 Å². The van der Waals surface area contributed by atoms with Crippen molar-refractivity contribution in [3.05, 3.63) is 48.5 Å². The quantitative estimate of drug-likeness (QED) is 0.848. The first-order chi connectivity index (χ1) is 13.0. The average molecular weight is 368 g/mol. The molecule has 2 aromatic carbocycles. The Bertz CT molecular complexity index is 817. The fourth-order valence-electron chi connectivity index (χ4n) is 3.04. The van der Waals surface area contributed by atoms with E-state index in [2.05, 4.69) is 5.32 Å². The van der Waals surface area contributed by atoms with Crippen LogP contribution in [0, 0.1) is 5.92 Å². The fraction of sp³-hybridized carbons (Fsp3) is 0.333. The molecule has 1 aliphatic rings. The van der Waals surface area contributed by atoms with Gasteiger partial charge in [0, 0.05) is 30.4 Å². The Morgan fingerprint density at radius 1 is 1.15 bits per heavy atom. The highest BCUT2D eigenvalue weighted by atomic mass is 16.5. The summed E-state index contributed by atoms with van der Waals surface area (Å²) in [5.41, 5.74) is 1.42. The highest BCUT2D eigenvalue weighted by Crippen LogP contribution is 2.28. The average Bonchev–Trinajstić information content (AvgIpc) is 3.05. The third-order valence-corrected chi connectivity index (χ3v) is 4.35. The minimum atomic E-state index is -0.393. The molecule has 1 saturated heterocycles. The maximum Gasteiger partial charge on any atom is 0.229 e. The number of methoxy groups -OCH3 is 1. The number of carbonyl (C=O) groups excluding carboxylic acids is 2. The van der Waals surface area contributed by atoms with E-state index in [4.69, 9.17) is 9.47 Å². The van der Waals surface area contributed by atoms with Crippen LogP contribution in [-0.4, -0.2) is 31.6 Å². The zero-order valence-electron chi connectivity index (χ0n) is 15.8. The van der Waals surface area contributed by atoms with Crippen LogP contribution in [-0.2, 0) is 9.59 Å². The lowest BCUT2D eigenvalue weighted by molar-refractivity contribution is -0.122. The van der Waals surface area contributed by atoms with Crippen LogP contribution in [0.2, 0.25) is 0 Å². The van der Waals surface area contributed by atoms with Crippen molar-refractivity contribution in [2.45, 2.75) is 26.4 Å². The molecule has 0 saturated carbocycles. The van der Waals surface area contributed by atoms with E-state index in [0.717, 1.165) is 11.4 Å². The molecule has 1 heterocycles. The molecule has 0 spiro atoms. The Hall–Kier alpha value is -3.02. The number of rotatable bonds is 6. The summed E-state index contributed by atoms with van der Waals surface area (Å²) in [5, 5.41) is 2.88. The van der Waals surface area contributed by atoms with Gasteiger partial charge in [-0.1, -0.05) is 6.07 Å². The van der Waals surface area contributed by atoms with E-state index in [-0.39, 0.29) is 24.3 Å². The van der Waals surface area contributed by atoms with Crippen molar-refractivity contribution in [3.8, 4) is 11.5 Å². The van der Waals surface area contributed by atoms with E-state index in [1.807, 2.05) is 44.2 Å². The number of ether oxygens (including phenoxy) is 2. The maximum absolute atomic E-state index is 12.6.